The van der Waals surface area contributed by atoms with E-state index >= 15 is 0 Å². The molecule has 0 saturated heterocycles. The highest BCUT2D eigenvalue weighted by Gasteiger charge is 2.05. The second-order valence-corrected chi connectivity index (χ2v) is 4.29. The van der Waals surface area contributed by atoms with Gasteiger partial charge < -0.3 is 15.2 Å². The third-order valence-electron chi connectivity index (χ3n) is 2.94. The standard InChI is InChI=1S/C16H16N2O2/c1-19-15-7-6-14(10-18)8-16(15)20-11-13-4-2-12(9-17)3-5-13/h2-8H,10-11,18H2,1H3. The number of benzene rings is 2. The third kappa shape index (κ3) is 3.28. The van der Waals surface area contributed by atoms with Crippen molar-refractivity contribution < 1.29 is 9.47 Å². The average Bonchev–Trinajstić information content (AvgIpc) is 2.53. The van der Waals surface area contributed by atoms with Gasteiger partial charge in [-0.3, -0.25) is 0 Å². The molecule has 0 atom stereocenters. The van der Waals surface area contributed by atoms with Crippen molar-refractivity contribution in [1.29, 1.82) is 5.26 Å². The molecule has 0 fully saturated rings. The number of hydrogen-bond donors (Lipinski definition) is 1. The Hall–Kier alpha value is -2.51. The zero-order valence-corrected chi connectivity index (χ0v) is 11.3. The van der Waals surface area contributed by atoms with Crippen LogP contribution in [0.2, 0.25) is 0 Å². The molecule has 2 aromatic rings. The molecule has 4 heteroatoms. The largest absolute Gasteiger partial charge is 0.493 e. The van der Waals surface area contributed by atoms with Gasteiger partial charge in [-0.05, 0) is 35.4 Å². The van der Waals surface area contributed by atoms with Crippen LogP contribution in [-0.2, 0) is 13.2 Å². The van der Waals surface area contributed by atoms with E-state index < -0.39 is 0 Å². The zero-order valence-electron chi connectivity index (χ0n) is 11.3. The lowest BCUT2D eigenvalue weighted by atomic mass is 10.1. The summed E-state index contributed by atoms with van der Waals surface area (Å²) in [4.78, 5) is 0. The monoisotopic (exact) mass is 268 g/mol. The number of methoxy groups -OCH3 is 1. The van der Waals surface area contributed by atoms with Crippen molar-refractivity contribution in [1.82, 2.24) is 0 Å². The Labute approximate surface area is 118 Å². The third-order valence-corrected chi connectivity index (χ3v) is 2.94. The maximum Gasteiger partial charge on any atom is 0.161 e. The van der Waals surface area contributed by atoms with Gasteiger partial charge in [0.2, 0.25) is 0 Å². The van der Waals surface area contributed by atoms with Crippen LogP contribution in [0.15, 0.2) is 42.5 Å². The minimum Gasteiger partial charge on any atom is -0.493 e. The van der Waals surface area contributed by atoms with Gasteiger partial charge in [0.25, 0.3) is 0 Å². The Bertz CT molecular complexity index is 615. The lowest BCUT2D eigenvalue weighted by Crippen LogP contribution is -2.01. The van der Waals surface area contributed by atoms with Gasteiger partial charge in [-0.2, -0.15) is 5.26 Å². The minimum atomic E-state index is 0.413. The maximum absolute atomic E-state index is 8.75. The van der Waals surface area contributed by atoms with Crippen LogP contribution in [-0.4, -0.2) is 7.11 Å². The fourth-order valence-electron chi connectivity index (χ4n) is 1.80. The summed E-state index contributed by atoms with van der Waals surface area (Å²) < 4.78 is 11.0. The molecule has 0 aliphatic carbocycles. The Balaban J connectivity index is 2.11. The normalized spacial score (nSPS) is 9.85. The number of hydrogen-bond acceptors (Lipinski definition) is 4. The first-order chi connectivity index (χ1) is 9.76. The lowest BCUT2D eigenvalue weighted by Gasteiger charge is -2.12. The van der Waals surface area contributed by atoms with Gasteiger partial charge in [0.15, 0.2) is 11.5 Å². The van der Waals surface area contributed by atoms with Crippen LogP contribution < -0.4 is 15.2 Å². The van der Waals surface area contributed by atoms with Crippen LogP contribution >= 0.6 is 0 Å². The molecule has 0 unspecified atom stereocenters. The van der Waals surface area contributed by atoms with Gasteiger partial charge in [-0.25, -0.2) is 0 Å². The van der Waals surface area contributed by atoms with E-state index in [1.807, 2.05) is 30.3 Å². The van der Waals surface area contributed by atoms with Crippen molar-refractivity contribution in [3.63, 3.8) is 0 Å². The van der Waals surface area contributed by atoms with Gasteiger partial charge in [0, 0.05) is 6.54 Å². The first-order valence-corrected chi connectivity index (χ1v) is 6.25. The fourth-order valence-corrected chi connectivity index (χ4v) is 1.80. The van der Waals surface area contributed by atoms with Crippen molar-refractivity contribution in [3.05, 3.63) is 59.2 Å². The molecule has 2 aromatic carbocycles. The molecule has 0 aliphatic heterocycles. The van der Waals surface area contributed by atoms with E-state index in [9.17, 15) is 0 Å². The van der Waals surface area contributed by atoms with Crippen molar-refractivity contribution in [2.24, 2.45) is 5.73 Å². The number of nitriles is 1. The SMILES string of the molecule is COc1ccc(CN)cc1OCc1ccc(C#N)cc1. The van der Waals surface area contributed by atoms with E-state index in [4.69, 9.17) is 20.5 Å². The zero-order chi connectivity index (χ0) is 14.4. The molecule has 2 N–H and O–H groups in total. The number of nitrogens with two attached hydrogens (primary N) is 1. The van der Waals surface area contributed by atoms with Gasteiger partial charge >= 0.3 is 0 Å². The van der Waals surface area contributed by atoms with E-state index in [1.54, 1.807) is 19.2 Å². The average molecular weight is 268 g/mol. The minimum absolute atomic E-state index is 0.413. The molecule has 102 valence electrons. The quantitative estimate of drug-likeness (QED) is 0.905. The predicted octanol–water partition coefficient (Wildman–Crippen LogP) is 2.60. The van der Waals surface area contributed by atoms with Crippen molar-refractivity contribution in [2.45, 2.75) is 13.2 Å². The van der Waals surface area contributed by atoms with Crippen LogP contribution in [0.1, 0.15) is 16.7 Å². The molecule has 0 saturated carbocycles. The summed E-state index contributed by atoms with van der Waals surface area (Å²) in [7, 11) is 1.60. The molecule has 20 heavy (non-hydrogen) atoms. The smallest absolute Gasteiger partial charge is 0.161 e. The van der Waals surface area contributed by atoms with E-state index in [0.29, 0.717) is 30.2 Å². The topological polar surface area (TPSA) is 68.3 Å². The Morgan fingerprint density at radius 2 is 1.75 bits per heavy atom. The summed E-state index contributed by atoms with van der Waals surface area (Å²) >= 11 is 0. The van der Waals surface area contributed by atoms with Gasteiger partial charge in [-0.15, -0.1) is 0 Å². The van der Waals surface area contributed by atoms with Crippen molar-refractivity contribution >= 4 is 0 Å². The first kappa shape index (κ1) is 13.9. The van der Waals surface area contributed by atoms with Crippen LogP contribution in [0.5, 0.6) is 11.5 Å². The van der Waals surface area contributed by atoms with Crippen molar-refractivity contribution in [3.8, 4) is 17.6 Å². The molecule has 4 nitrogen and oxygen atoms in total. The molecule has 0 aromatic heterocycles. The van der Waals surface area contributed by atoms with Gasteiger partial charge in [-0.1, -0.05) is 18.2 Å². The van der Waals surface area contributed by atoms with Crippen LogP contribution in [0.4, 0.5) is 0 Å². The first-order valence-electron chi connectivity index (χ1n) is 6.25. The molecule has 0 bridgehead atoms. The summed E-state index contributed by atoms with van der Waals surface area (Å²) in [6.45, 7) is 0.868. The highest BCUT2D eigenvalue weighted by molar-refractivity contribution is 5.43. The van der Waals surface area contributed by atoms with Crippen molar-refractivity contribution in [2.75, 3.05) is 7.11 Å². The molecular weight excluding hydrogens is 252 g/mol. The van der Waals surface area contributed by atoms with E-state index in [-0.39, 0.29) is 0 Å². The molecule has 0 spiro atoms. The molecule has 0 amide bonds. The number of ether oxygens (including phenoxy) is 2. The highest BCUT2D eigenvalue weighted by atomic mass is 16.5. The summed E-state index contributed by atoms with van der Waals surface area (Å²) in [6.07, 6.45) is 0. The summed E-state index contributed by atoms with van der Waals surface area (Å²) in [6, 6.07) is 15.0. The highest BCUT2D eigenvalue weighted by Crippen LogP contribution is 2.28. The summed E-state index contributed by atoms with van der Waals surface area (Å²) in [5, 5.41) is 8.75. The number of nitrogens with zero attached hydrogens (tertiary/aromatic N) is 1. The molecule has 0 aliphatic rings. The molecule has 2 rings (SSSR count). The van der Waals surface area contributed by atoms with E-state index in [0.717, 1.165) is 11.1 Å². The summed E-state index contributed by atoms with van der Waals surface area (Å²) in [5.74, 6) is 1.34. The molecular formula is C16H16N2O2. The predicted molar refractivity (Wildman–Crippen MR) is 76.4 cm³/mol. The number of rotatable bonds is 5. The van der Waals surface area contributed by atoms with Gasteiger partial charge in [0.05, 0.1) is 18.7 Å². The Morgan fingerprint density at radius 3 is 2.35 bits per heavy atom. The summed E-state index contributed by atoms with van der Waals surface area (Å²) in [5.41, 5.74) is 8.23. The van der Waals surface area contributed by atoms with Gasteiger partial charge in [0.1, 0.15) is 6.61 Å². The second kappa shape index (κ2) is 6.60. The van der Waals surface area contributed by atoms with E-state index in [2.05, 4.69) is 6.07 Å². The van der Waals surface area contributed by atoms with Crippen LogP contribution in [0, 0.1) is 11.3 Å². The van der Waals surface area contributed by atoms with Crippen LogP contribution in [0.3, 0.4) is 0 Å². The molecule has 0 radical (unpaired) electrons. The Kier molecular flexibility index (Phi) is 4.59. The lowest BCUT2D eigenvalue weighted by molar-refractivity contribution is 0.284. The molecule has 0 heterocycles. The second-order valence-electron chi connectivity index (χ2n) is 4.29. The maximum atomic E-state index is 8.75. The van der Waals surface area contributed by atoms with E-state index in [1.165, 1.54) is 0 Å². The van der Waals surface area contributed by atoms with Crippen LogP contribution in [0.25, 0.3) is 0 Å². The fraction of sp³-hybridized carbons (Fsp3) is 0.188. The Morgan fingerprint density at radius 1 is 1.05 bits per heavy atom.